The van der Waals surface area contributed by atoms with Gasteiger partial charge in [-0.15, -0.1) is 0 Å². The Morgan fingerprint density at radius 3 is 2.29 bits per heavy atom. The zero-order chi connectivity index (χ0) is 15.8. The van der Waals surface area contributed by atoms with E-state index in [0.717, 1.165) is 18.2 Å². The average molecular weight is 330 g/mol. The molecule has 110 valence electrons. The van der Waals surface area contributed by atoms with E-state index in [9.17, 15) is 17.6 Å². The highest BCUT2D eigenvalue weighted by atomic mass is 35.5. The number of hydrogen-bond donors (Lipinski definition) is 2. The Balaban J connectivity index is 2.51. The Kier molecular flexibility index (Phi) is 3.99. The molecule has 0 amide bonds. The number of benzene rings is 2. The SMILES string of the molecule is NS(=O)(=O)c1cc(C(=O)c2ccc(O)c(F)c2)ccc1Cl. The van der Waals surface area contributed by atoms with E-state index < -0.39 is 32.3 Å². The van der Waals surface area contributed by atoms with Crippen molar-refractivity contribution < 1.29 is 22.7 Å². The second-order valence-electron chi connectivity index (χ2n) is 4.19. The van der Waals surface area contributed by atoms with Gasteiger partial charge in [0.25, 0.3) is 0 Å². The van der Waals surface area contributed by atoms with Crippen LogP contribution in [0.25, 0.3) is 0 Å². The van der Waals surface area contributed by atoms with Gasteiger partial charge in [0.15, 0.2) is 17.3 Å². The van der Waals surface area contributed by atoms with E-state index in [0.29, 0.717) is 0 Å². The van der Waals surface area contributed by atoms with Gasteiger partial charge in [-0.3, -0.25) is 4.79 Å². The molecule has 8 heteroatoms. The number of carbonyl (C=O) groups is 1. The molecule has 0 spiro atoms. The Bertz CT molecular complexity index is 836. The topological polar surface area (TPSA) is 97.5 Å². The summed E-state index contributed by atoms with van der Waals surface area (Å²) in [7, 11) is -4.08. The molecule has 0 saturated heterocycles. The number of rotatable bonds is 3. The van der Waals surface area contributed by atoms with Gasteiger partial charge in [-0.25, -0.2) is 17.9 Å². The molecule has 0 atom stereocenters. The molecule has 0 fully saturated rings. The van der Waals surface area contributed by atoms with Crippen LogP contribution in [0.15, 0.2) is 41.3 Å². The van der Waals surface area contributed by atoms with E-state index in [1.807, 2.05) is 0 Å². The van der Waals surface area contributed by atoms with Crippen LogP contribution in [-0.2, 0) is 10.0 Å². The molecule has 21 heavy (non-hydrogen) atoms. The van der Waals surface area contributed by atoms with Gasteiger partial charge in [0, 0.05) is 11.1 Å². The van der Waals surface area contributed by atoms with Gasteiger partial charge < -0.3 is 5.11 Å². The Hall–Kier alpha value is -1.96. The summed E-state index contributed by atoms with van der Waals surface area (Å²) in [6, 6.07) is 6.62. The number of primary sulfonamides is 1. The normalized spacial score (nSPS) is 11.4. The number of phenolic OH excluding ortho intramolecular Hbond substituents is 1. The minimum Gasteiger partial charge on any atom is -0.505 e. The summed E-state index contributed by atoms with van der Waals surface area (Å²) in [5.41, 5.74) is -0.0680. The van der Waals surface area contributed by atoms with Crippen LogP contribution in [0.3, 0.4) is 0 Å². The first-order valence-corrected chi connectivity index (χ1v) is 7.48. The molecule has 2 aromatic rings. The summed E-state index contributed by atoms with van der Waals surface area (Å²) in [6.07, 6.45) is 0. The minimum absolute atomic E-state index is 0.0199. The molecule has 0 aliphatic rings. The molecule has 0 aromatic heterocycles. The minimum atomic E-state index is -4.08. The van der Waals surface area contributed by atoms with Gasteiger partial charge in [0.1, 0.15) is 4.90 Å². The first-order chi connectivity index (χ1) is 9.70. The first kappa shape index (κ1) is 15.4. The molecule has 0 unspecified atom stereocenters. The van der Waals surface area contributed by atoms with Crippen molar-refractivity contribution in [3.05, 3.63) is 58.4 Å². The van der Waals surface area contributed by atoms with Gasteiger partial charge in [0.05, 0.1) is 5.02 Å². The van der Waals surface area contributed by atoms with Crippen LogP contribution in [0.4, 0.5) is 4.39 Å². The van der Waals surface area contributed by atoms with Crippen molar-refractivity contribution >= 4 is 27.4 Å². The summed E-state index contributed by atoms with van der Waals surface area (Å²) in [4.78, 5) is 11.8. The molecule has 0 aliphatic carbocycles. The fourth-order valence-electron chi connectivity index (χ4n) is 1.68. The van der Waals surface area contributed by atoms with E-state index in [2.05, 4.69) is 0 Å². The molecule has 0 radical (unpaired) electrons. The number of hydrogen-bond acceptors (Lipinski definition) is 4. The molecule has 5 nitrogen and oxygen atoms in total. The number of halogens is 2. The average Bonchev–Trinajstić information content (AvgIpc) is 2.40. The maximum atomic E-state index is 13.2. The summed E-state index contributed by atoms with van der Waals surface area (Å²) in [6.45, 7) is 0. The third-order valence-electron chi connectivity index (χ3n) is 2.71. The van der Waals surface area contributed by atoms with E-state index in [-0.39, 0.29) is 16.1 Å². The van der Waals surface area contributed by atoms with Gasteiger partial charge in [-0.1, -0.05) is 11.6 Å². The van der Waals surface area contributed by atoms with Gasteiger partial charge >= 0.3 is 0 Å². The maximum Gasteiger partial charge on any atom is 0.239 e. The second kappa shape index (κ2) is 5.44. The molecule has 0 heterocycles. The first-order valence-electron chi connectivity index (χ1n) is 5.55. The molecule has 0 aliphatic heterocycles. The summed E-state index contributed by atoms with van der Waals surface area (Å²) >= 11 is 5.71. The Morgan fingerprint density at radius 1 is 1.14 bits per heavy atom. The maximum absolute atomic E-state index is 13.2. The van der Waals surface area contributed by atoms with E-state index in [4.69, 9.17) is 21.8 Å². The van der Waals surface area contributed by atoms with Crippen molar-refractivity contribution in [3.8, 4) is 5.75 Å². The van der Waals surface area contributed by atoms with Gasteiger partial charge in [-0.05, 0) is 36.4 Å². The fourth-order valence-corrected chi connectivity index (χ4v) is 2.75. The van der Waals surface area contributed by atoms with Crippen molar-refractivity contribution in [3.63, 3.8) is 0 Å². The van der Waals surface area contributed by atoms with Gasteiger partial charge in [0.2, 0.25) is 10.0 Å². The molecule has 3 N–H and O–H groups in total. The third-order valence-corrected chi connectivity index (χ3v) is 4.10. The lowest BCUT2D eigenvalue weighted by molar-refractivity contribution is 0.103. The van der Waals surface area contributed by atoms with Crippen LogP contribution in [0.1, 0.15) is 15.9 Å². The monoisotopic (exact) mass is 329 g/mol. The number of ketones is 1. The smallest absolute Gasteiger partial charge is 0.239 e. The Morgan fingerprint density at radius 2 is 1.71 bits per heavy atom. The van der Waals surface area contributed by atoms with E-state index in [1.165, 1.54) is 18.2 Å². The van der Waals surface area contributed by atoms with Crippen LogP contribution in [0, 0.1) is 5.82 Å². The number of phenols is 1. The zero-order valence-corrected chi connectivity index (χ0v) is 12.0. The summed E-state index contributed by atoms with van der Waals surface area (Å²) < 4.78 is 36.0. The zero-order valence-electron chi connectivity index (χ0n) is 10.4. The quantitative estimate of drug-likeness (QED) is 0.842. The van der Waals surface area contributed by atoms with Gasteiger partial charge in [-0.2, -0.15) is 0 Å². The van der Waals surface area contributed by atoms with Crippen LogP contribution >= 0.6 is 11.6 Å². The second-order valence-corrected chi connectivity index (χ2v) is 6.12. The van der Waals surface area contributed by atoms with Crippen molar-refractivity contribution in [2.45, 2.75) is 4.90 Å². The van der Waals surface area contributed by atoms with Crippen LogP contribution in [-0.4, -0.2) is 19.3 Å². The summed E-state index contributed by atoms with van der Waals surface area (Å²) in [5, 5.41) is 14.0. The molecule has 0 bridgehead atoms. The third kappa shape index (κ3) is 3.21. The standard InChI is InChI=1S/C13H9ClFNO4S/c14-9-3-1-8(6-12(9)21(16,19)20)13(18)7-2-4-11(17)10(15)5-7/h1-6,17H,(H2,16,19,20). The largest absolute Gasteiger partial charge is 0.505 e. The lowest BCUT2D eigenvalue weighted by Crippen LogP contribution is -2.14. The van der Waals surface area contributed by atoms with E-state index in [1.54, 1.807) is 0 Å². The molecule has 2 rings (SSSR count). The lowest BCUT2D eigenvalue weighted by Gasteiger charge is -2.06. The van der Waals surface area contributed by atoms with Crippen molar-refractivity contribution in [1.29, 1.82) is 0 Å². The van der Waals surface area contributed by atoms with Crippen molar-refractivity contribution in [2.24, 2.45) is 5.14 Å². The highest BCUT2D eigenvalue weighted by molar-refractivity contribution is 7.89. The van der Waals surface area contributed by atoms with Crippen LogP contribution in [0.2, 0.25) is 5.02 Å². The van der Waals surface area contributed by atoms with Crippen molar-refractivity contribution in [2.75, 3.05) is 0 Å². The molecular weight excluding hydrogens is 321 g/mol. The Labute approximate surface area is 124 Å². The number of nitrogens with two attached hydrogens (primary N) is 1. The summed E-state index contributed by atoms with van der Waals surface area (Å²) in [5.74, 6) is -2.18. The predicted octanol–water partition coefficient (Wildman–Crippen LogP) is 2.06. The molecular formula is C13H9ClFNO4S. The van der Waals surface area contributed by atoms with Crippen LogP contribution < -0.4 is 5.14 Å². The number of sulfonamides is 1. The predicted molar refractivity (Wildman–Crippen MR) is 74.3 cm³/mol. The molecule has 0 saturated carbocycles. The lowest BCUT2D eigenvalue weighted by atomic mass is 10.0. The number of carbonyl (C=O) groups excluding carboxylic acids is 1. The van der Waals surface area contributed by atoms with Crippen LogP contribution in [0.5, 0.6) is 5.75 Å². The highest BCUT2D eigenvalue weighted by Gasteiger charge is 2.18. The molecule has 2 aromatic carbocycles. The fraction of sp³-hybridized carbons (Fsp3) is 0. The number of aromatic hydroxyl groups is 1. The highest BCUT2D eigenvalue weighted by Crippen LogP contribution is 2.24. The van der Waals surface area contributed by atoms with Crippen molar-refractivity contribution in [1.82, 2.24) is 0 Å². The van der Waals surface area contributed by atoms with E-state index >= 15 is 0 Å².